The van der Waals surface area contributed by atoms with Crippen molar-refractivity contribution in [1.29, 1.82) is 0 Å². The van der Waals surface area contributed by atoms with Crippen LogP contribution in [0, 0.1) is 11.7 Å². The summed E-state index contributed by atoms with van der Waals surface area (Å²) >= 11 is 0. The number of aromatic nitrogens is 2. The van der Waals surface area contributed by atoms with Gasteiger partial charge in [0, 0.05) is 62.7 Å². The lowest BCUT2D eigenvalue weighted by Gasteiger charge is -2.39. The Balaban J connectivity index is 1.46. The Kier molecular flexibility index (Phi) is 9.86. The Labute approximate surface area is 283 Å². The molecular formula is C36H34F7N5O2. The van der Waals surface area contributed by atoms with Crippen LogP contribution >= 0.6 is 0 Å². The maximum absolute atomic E-state index is 14.5. The number of hydrogen-bond donors (Lipinski definition) is 0. The molecule has 264 valence electrons. The first-order chi connectivity index (χ1) is 23.7. The van der Waals surface area contributed by atoms with Crippen LogP contribution in [-0.2, 0) is 17.5 Å². The maximum Gasteiger partial charge on any atom is 0.416 e. The summed E-state index contributed by atoms with van der Waals surface area (Å²) in [5.41, 5.74) is 1.05. The number of fused-ring (bicyclic) bond motifs is 1. The number of Topliss-reactive ketones (excluding diaryl/α,β-unsaturated/α-hetero) is 1. The van der Waals surface area contributed by atoms with E-state index in [1.165, 1.54) is 40.1 Å². The van der Waals surface area contributed by atoms with E-state index in [-0.39, 0.29) is 31.7 Å². The highest BCUT2D eigenvalue weighted by molar-refractivity contribution is 6.04. The van der Waals surface area contributed by atoms with Gasteiger partial charge in [-0.3, -0.25) is 24.3 Å². The van der Waals surface area contributed by atoms with Crippen LogP contribution in [0.3, 0.4) is 0 Å². The lowest BCUT2D eigenvalue weighted by Crippen LogP contribution is -2.49. The molecule has 3 aromatic carbocycles. The van der Waals surface area contributed by atoms with Crippen molar-refractivity contribution in [1.82, 2.24) is 19.6 Å². The van der Waals surface area contributed by atoms with Crippen molar-refractivity contribution in [2.24, 2.45) is 5.92 Å². The molecule has 2 atom stereocenters. The number of rotatable bonds is 9. The molecule has 0 bridgehead atoms. The number of nitrogens with zero attached hydrogens (tertiary/aromatic N) is 5. The molecule has 4 aromatic rings. The van der Waals surface area contributed by atoms with E-state index < -0.39 is 60.2 Å². The molecule has 2 aliphatic heterocycles. The minimum absolute atomic E-state index is 0.171. The Hall–Kier alpha value is -4.56. The molecule has 50 heavy (non-hydrogen) atoms. The number of piperazine rings is 1. The Bertz CT molecular complexity index is 1830. The van der Waals surface area contributed by atoms with Gasteiger partial charge in [-0.15, -0.1) is 0 Å². The van der Waals surface area contributed by atoms with E-state index in [4.69, 9.17) is 5.10 Å². The largest absolute Gasteiger partial charge is 0.416 e. The third-order valence-electron chi connectivity index (χ3n) is 9.23. The van der Waals surface area contributed by atoms with Gasteiger partial charge in [-0.25, -0.2) is 9.07 Å². The number of ketones is 1. The summed E-state index contributed by atoms with van der Waals surface area (Å²) in [6, 6.07) is 18.6. The average Bonchev–Trinajstić information content (AvgIpc) is 3.44. The van der Waals surface area contributed by atoms with Gasteiger partial charge >= 0.3 is 12.4 Å². The molecule has 7 nitrogen and oxygen atoms in total. The van der Waals surface area contributed by atoms with Crippen LogP contribution in [-0.4, -0.2) is 76.7 Å². The molecule has 1 aromatic heterocycles. The second kappa shape index (κ2) is 14.0. The monoisotopic (exact) mass is 701 g/mol. The Morgan fingerprint density at radius 3 is 2.14 bits per heavy atom. The molecule has 6 rings (SSSR count). The number of hydrogen-bond acceptors (Lipinski definition) is 5. The first-order valence-electron chi connectivity index (χ1n) is 16.2. The van der Waals surface area contributed by atoms with E-state index in [1.807, 2.05) is 11.0 Å². The highest BCUT2D eigenvalue weighted by Crippen LogP contribution is 2.48. The molecule has 0 aliphatic carbocycles. The van der Waals surface area contributed by atoms with Gasteiger partial charge < -0.3 is 0 Å². The van der Waals surface area contributed by atoms with Crippen molar-refractivity contribution in [3.05, 3.63) is 113 Å². The third kappa shape index (κ3) is 7.46. The van der Waals surface area contributed by atoms with Gasteiger partial charge in [0.2, 0.25) is 5.91 Å². The quantitative estimate of drug-likeness (QED) is 0.138. The molecule has 0 radical (unpaired) electrons. The first-order valence-corrected chi connectivity index (χ1v) is 16.2. The van der Waals surface area contributed by atoms with E-state index in [0.717, 1.165) is 18.2 Å². The Morgan fingerprint density at radius 1 is 0.860 bits per heavy atom. The van der Waals surface area contributed by atoms with Crippen molar-refractivity contribution < 1.29 is 40.3 Å². The zero-order valence-corrected chi connectivity index (χ0v) is 27.0. The lowest BCUT2D eigenvalue weighted by atomic mass is 9.74. The van der Waals surface area contributed by atoms with Crippen LogP contribution in [0.15, 0.2) is 78.9 Å². The third-order valence-corrected chi connectivity index (χ3v) is 9.23. The predicted molar refractivity (Wildman–Crippen MR) is 171 cm³/mol. The van der Waals surface area contributed by atoms with E-state index in [2.05, 4.69) is 0 Å². The molecule has 3 heterocycles. The summed E-state index contributed by atoms with van der Waals surface area (Å²) in [4.78, 5) is 33.0. The van der Waals surface area contributed by atoms with Gasteiger partial charge in [0.25, 0.3) is 0 Å². The second-order valence-corrected chi connectivity index (χ2v) is 12.5. The first kappa shape index (κ1) is 35.3. The highest BCUT2D eigenvalue weighted by Gasteiger charge is 2.46. The van der Waals surface area contributed by atoms with Crippen molar-refractivity contribution in [3.63, 3.8) is 0 Å². The normalized spacial score (nSPS) is 19.1. The number of amides is 1. The predicted octanol–water partition coefficient (Wildman–Crippen LogP) is 7.10. The minimum atomic E-state index is -4.68. The van der Waals surface area contributed by atoms with Gasteiger partial charge in [-0.1, -0.05) is 42.5 Å². The summed E-state index contributed by atoms with van der Waals surface area (Å²) in [6.45, 7) is 2.11. The lowest BCUT2D eigenvalue weighted by molar-refractivity contribution is -0.149. The number of carbonyl (C=O) groups is 2. The van der Waals surface area contributed by atoms with Gasteiger partial charge in [0.05, 0.1) is 29.4 Å². The van der Waals surface area contributed by atoms with Crippen LogP contribution < -0.4 is 4.90 Å². The van der Waals surface area contributed by atoms with Gasteiger partial charge in [-0.2, -0.15) is 31.4 Å². The number of halogens is 7. The van der Waals surface area contributed by atoms with Crippen LogP contribution in [0.25, 0.3) is 5.69 Å². The molecule has 0 saturated carbocycles. The zero-order valence-electron chi connectivity index (χ0n) is 27.0. The topological polar surface area (TPSA) is 61.7 Å². The van der Waals surface area contributed by atoms with Gasteiger partial charge in [0.15, 0.2) is 5.78 Å². The molecular weight excluding hydrogens is 667 g/mol. The zero-order chi connectivity index (χ0) is 35.8. The molecule has 0 unspecified atom stereocenters. The second-order valence-electron chi connectivity index (χ2n) is 12.5. The summed E-state index contributed by atoms with van der Waals surface area (Å²) in [6.07, 6.45) is -9.44. The van der Waals surface area contributed by atoms with Crippen molar-refractivity contribution >= 4 is 17.5 Å². The standard InChI is InChI=1S/C36H34F7N5O2/c1-2-47-33-32(29(44-48(33)27-9-4-3-5-10-27)21-45-15-17-46(18-16-45)22-35(38,39)40)31(23-11-13-26(37)14-12-23)28(34(47)50)20-30(49)24-7-6-8-25(19-24)36(41,42)43/h3-14,19,28,31H,2,15-18,20-22H2,1H3/t28-,31+/m0/s1. The van der Waals surface area contributed by atoms with Crippen molar-refractivity contribution in [2.45, 2.75) is 38.2 Å². The van der Waals surface area contributed by atoms with Crippen LogP contribution in [0.5, 0.6) is 0 Å². The van der Waals surface area contributed by atoms with Gasteiger partial charge in [-0.05, 0) is 48.9 Å². The van der Waals surface area contributed by atoms with E-state index >= 15 is 0 Å². The summed E-state index contributed by atoms with van der Waals surface area (Å²) in [5.74, 6) is -3.15. The fraction of sp³-hybridized carbons (Fsp3) is 0.361. The molecule has 14 heteroatoms. The average molecular weight is 702 g/mol. The van der Waals surface area contributed by atoms with E-state index in [1.54, 1.807) is 35.9 Å². The molecule has 1 fully saturated rings. The molecule has 1 amide bonds. The highest BCUT2D eigenvalue weighted by atomic mass is 19.4. The van der Waals surface area contributed by atoms with Crippen molar-refractivity contribution in [3.8, 4) is 5.69 Å². The van der Waals surface area contributed by atoms with Crippen molar-refractivity contribution in [2.75, 3.05) is 44.2 Å². The molecule has 2 aliphatic rings. The fourth-order valence-corrected chi connectivity index (χ4v) is 6.90. The van der Waals surface area contributed by atoms with E-state index in [9.17, 15) is 40.3 Å². The molecule has 0 spiro atoms. The number of anilines is 1. The number of alkyl halides is 6. The molecule has 0 N–H and O–H groups in total. The van der Waals surface area contributed by atoms with Crippen LogP contribution in [0.4, 0.5) is 36.6 Å². The summed E-state index contributed by atoms with van der Waals surface area (Å²) < 4.78 is 95.7. The summed E-state index contributed by atoms with van der Waals surface area (Å²) in [5, 5.41) is 4.97. The smallest absolute Gasteiger partial charge is 0.296 e. The minimum Gasteiger partial charge on any atom is -0.296 e. The van der Waals surface area contributed by atoms with Crippen LogP contribution in [0.1, 0.15) is 52.0 Å². The summed E-state index contributed by atoms with van der Waals surface area (Å²) in [7, 11) is 0. The number of para-hydroxylation sites is 1. The van der Waals surface area contributed by atoms with E-state index in [0.29, 0.717) is 41.4 Å². The SMILES string of the molecule is CCN1C(=O)[C@@H](CC(=O)c2cccc(C(F)(F)F)c2)[C@@H](c2ccc(F)cc2)c2c(CN3CCN(CC(F)(F)F)CC3)nn(-c3ccccc3)c21. The number of benzene rings is 3. The Morgan fingerprint density at radius 2 is 1.52 bits per heavy atom. The molecule has 1 saturated heterocycles. The van der Waals surface area contributed by atoms with Crippen LogP contribution in [0.2, 0.25) is 0 Å². The number of carbonyl (C=O) groups excluding carboxylic acids is 2. The maximum atomic E-state index is 14.5. The van der Waals surface area contributed by atoms with Gasteiger partial charge in [0.1, 0.15) is 11.6 Å². The fourth-order valence-electron chi connectivity index (χ4n) is 6.90.